The highest BCUT2D eigenvalue weighted by molar-refractivity contribution is 5.85. The van der Waals surface area contributed by atoms with E-state index in [2.05, 4.69) is 0 Å². The van der Waals surface area contributed by atoms with Crippen molar-refractivity contribution in [2.45, 2.75) is 38.1 Å². The molecule has 2 saturated heterocycles. The van der Waals surface area contributed by atoms with Gasteiger partial charge in [-0.05, 0) is 31.7 Å². The molecule has 4 nitrogen and oxygen atoms in total. The van der Waals surface area contributed by atoms with E-state index in [0.29, 0.717) is 18.4 Å². The van der Waals surface area contributed by atoms with Crippen LogP contribution in [0, 0.1) is 11.7 Å². The lowest BCUT2D eigenvalue weighted by Gasteiger charge is -2.41. The summed E-state index contributed by atoms with van der Waals surface area (Å²) in [4.78, 5) is 28.5. The molecule has 5 heteroatoms. The van der Waals surface area contributed by atoms with Gasteiger partial charge in [-0.2, -0.15) is 0 Å². The van der Waals surface area contributed by atoms with Crippen LogP contribution >= 0.6 is 0 Å². The average Bonchev–Trinajstić information content (AvgIpc) is 2.58. The van der Waals surface area contributed by atoms with Crippen LogP contribution in [0.4, 0.5) is 4.39 Å². The van der Waals surface area contributed by atoms with E-state index in [1.807, 2.05) is 4.90 Å². The first kappa shape index (κ1) is 16.0. The maximum atomic E-state index is 14.3. The lowest BCUT2D eigenvalue weighted by molar-refractivity contribution is -0.147. The number of amides is 2. The van der Waals surface area contributed by atoms with E-state index in [9.17, 15) is 14.0 Å². The van der Waals surface area contributed by atoms with Gasteiger partial charge in [0.1, 0.15) is 5.82 Å². The van der Waals surface area contributed by atoms with E-state index >= 15 is 0 Å². The molecule has 0 aliphatic carbocycles. The highest BCUT2D eigenvalue weighted by atomic mass is 19.1. The standard InChI is InChI=1S/C18H23FN2O2/c1-20-16(22)10-9-14(18(23)21-11-5-2-6-12-21)17(20)13-7-3-4-8-15(13)19/h3-4,7-8,14,17H,2,5-6,9-12H2,1H3/t14-,17+/m0/s1. The number of carbonyl (C=O) groups is 2. The number of benzene rings is 1. The fraction of sp³-hybridized carbons (Fsp3) is 0.556. The van der Waals surface area contributed by atoms with Crippen LogP contribution in [0.2, 0.25) is 0 Å². The van der Waals surface area contributed by atoms with Crippen molar-refractivity contribution in [2.24, 2.45) is 5.92 Å². The summed E-state index contributed by atoms with van der Waals surface area (Å²) < 4.78 is 14.3. The summed E-state index contributed by atoms with van der Waals surface area (Å²) in [6.45, 7) is 1.55. The zero-order chi connectivity index (χ0) is 16.4. The molecule has 0 radical (unpaired) electrons. The Morgan fingerprint density at radius 1 is 1.17 bits per heavy atom. The van der Waals surface area contributed by atoms with Crippen LogP contribution in [0.5, 0.6) is 0 Å². The fourth-order valence-electron chi connectivity index (χ4n) is 3.79. The molecule has 0 unspecified atom stereocenters. The van der Waals surface area contributed by atoms with Crippen molar-refractivity contribution < 1.29 is 14.0 Å². The summed E-state index contributed by atoms with van der Waals surface area (Å²) in [5, 5.41) is 0. The van der Waals surface area contributed by atoms with Crippen molar-refractivity contribution in [1.82, 2.24) is 9.80 Å². The van der Waals surface area contributed by atoms with Crippen molar-refractivity contribution in [2.75, 3.05) is 20.1 Å². The third-order valence-electron chi connectivity index (χ3n) is 5.07. The number of halogens is 1. The third-order valence-corrected chi connectivity index (χ3v) is 5.07. The lowest BCUT2D eigenvalue weighted by Crippen LogP contribution is -2.49. The maximum Gasteiger partial charge on any atom is 0.228 e. The zero-order valence-corrected chi connectivity index (χ0v) is 13.5. The number of hydrogen-bond donors (Lipinski definition) is 0. The van der Waals surface area contributed by atoms with Gasteiger partial charge in [0.25, 0.3) is 0 Å². The van der Waals surface area contributed by atoms with E-state index in [1.165, 1.54) is 6.07 Å². The molecule has 2 aliphatic heterocycles. The van der Waals surface area contributed by atoms with Gasteiger partial charge >= 0.3 is 0 Å². The number of nitrogens with zero attached hydrogens (tertiary/aromatic N) is 2. The van der Waals surface area contributed by atoms with Gasteiger partial charge in [0, 0.05) is 32.1 Å². The molecule has 1 aromatic carbocycles. The van der Waals surface area contributed by atoms with Gasteiger partial charge in [-0.3, -0.25) is 9.59 Å². The van der Waals surface area contributed by atoms with E-state index in [-0.39, 0.29) is 23.5 Å². The highest BCUT2D eigenvalue weighted by Crippen LogP contribution is 2.38. The molecule has 2 aliphatic rings. The van der Waals surface area contributed by atoms with Gasteiger partial charge < -0.3 is 9.80 Å². The normalized spacial score (nSPS) is 25.6. The van der Waals surface area contributed by atoms with Crippen LogP contribution in [0.25, 0.3) is 0 Å². The molecule has 2 atom stereocenters. The first-order chi connectivity index (χ1) is 11.1. The Labute approximate surface area is 136 Å². The van der Waals surface area contributed by atoms with Crippen LogP contribution in [0.1, 0.15) is 43.7 Å². The molecule has 0 aromatic heterocycles. The number of carbonyl (C=O) groups excluding carboxylic acids is 2. The van der Waals surface area contributed by atoms with E-state index < -0.39 is 6.04 Å². The SMILES string of the molecule is CN1C(=O)CC[C@H](C(=O)N2CCCCC2)[C@H]1c1ccccc1F. The molecular weight excluding hydrogens is 295 g/mol. The predicted molar refractivity (Wildman–Crippen MR) is 85.1 cm³/mol. The van der Waals surface area contributed by atoms with Crippen molar-refractivity contribution >= 4 is 11.8 Å². The Balaban J connectivity index is 1.91. The summed E-state index contributed by atoms with van der Waals surface area (Å²) >= 11 is 0. The minimum atomic E-state index is -0.508. The van der Waals surface area contributed by atoms with Gasteiger partial charge in [-0.15, -0.1) is 0 Å². The molecule has 1 aromatic rings. The Kier molecular flexibility index (Phi) is 4.64. The molecule has 2 amide bonds. The summed E-state index contributed by atoms with van der Waals surface area (Å²) in [5.74, 6) is -0.665. The Hall–Kier alpha value is -1.91. The Morgan fingerprint density at radius 3 is 2.57 bits per heavy atom. The molecule has 0 spiro atoms. The van der Waals surface area contributed by atoms with Crippen molar-refractivity contribution in [3.05, 3.63) is 35.6 Å². The van der Waals surface area contributed by atoms with Crippen molar-refractivity contribution in [3.63, 3.8) is 0 Å². The first-order valence-electron chi connectivity index (χ1n) is 8.38. The molecule has 0 N–H and O–H groups in total. The molecule has 3 rings (SSSR count). The van der Waals surface area contributed by atoms with E-state index in [0.717, 1.165) is 32.4 Å². The largest absolute Gasteiger partial charge is 0.342 e. The molecule has 124 valence electrons. The molecule has 23 heavy (non-hydrogen) atoms. The minimum Gasteiger partial charge on any atom is -0.342 e. The van der Waals surface area contributed by atoms with Crippen LogP contribution in [-0.4, -0.2) is 41.8 Å². The smallest absolute Gasteiger partial charge is 0.228 e. The maximum absolute atomic E-state index is 14.3. The van der Waals surface area contributed by atoms with Gasteiger partial charge in [0.15, 0.2) is 0 Å². The zero-order valence-electron chi connectivity index (χ0n) is 13.5. The average molecular weight is 318 g/mol. The summed E-state index contributed by atoms with van der Waals surface area (Å²) in [6, 6.07) is 5.96. The number of hydrogen-bond acceptors (Lipinski definition) is 2. The van der Waals surface area contributed by atoms with Crippen LogP contribution < -0.4 is 0 Å². The van der Waals surface area contributed by atoms with Gasteiger partial charge in [-0.25, -0.2) is 4.39 Å². The number of rotatable bonds is 2. The lowest BCUT2D eigenvalue weighted by atomic mass is 9.83. The summed E-state index contributed by atoms with van der Waals surface area (Å²) in [5.41, 5.74) is 0.443. The second kappa shape index (κ2) is 6.69. The topological polar surface area (TPSA) is 40.6 Å². The molecule has 0 saturated carbocycles. The Bertz CT molecular complexity index is 598. The Morgan fingerprint density at radius 2 is 1.87 bits per heavy atom. The van der Waals surface area contributed by atoms with E-state index in [4.69, 9.17) is 0 Å². The van der Waals surface area contributed by atoms with E-state index in [1.54, 1.807) is 30.1 Å². The van der Waals surface area contributed by atoms with Gasteiger partial charge in [0.2, 0.25) is 11.8 Å². The summed E-state index contributed by atoms with van der Waals surface area (Å²) in [7, 11) is 1.68. The monoisotopic (exact) mass is 318 g/mol. The fourth-order valence-corrected chi connectivity index (χ4v) is 3.79. The second-order valence-corrected chi connectivity index (χ2v) is 6.50. The van der Waals surface area contributed by atoms with Crippen LogP contribution in [0.15, 0.2) is 24.3 Å². The van der Waals surface area contributed by atoms with Crippen molar-refractivity contribution in [3.8, 4) is 0 Å². The summed E-state index contributed by atoms with van der Waals surface area (Å²) in [6.07, 6.45) is 4.06. The quantitative estimate of drug-likeness (QED) is 0.841. The second-order valence-electron chi connectivity index (χ2n) is 6.50. The molecule has 2 fully saturated rings. The first-order valence-corrected chi connectivity index (χ1v) is 8.38. The molecular formula is C18H23FN2O2. The number of piperidine rings is 2. The van der Waals surface area contributed by atoms with Crippen molar-refractivity contribution in [1.29, 1.82) is 0 Å². The predicted octanol–water partition coefficient (Wildman–Crippen LogP) is 2.75. The van der Waals surface area contributed by atoms with Crippen LogP contribution in [-0.2, 0) is 9.59 Å². The molecule has 2 heterocycles. The van der Waals surface area contributed by atoms with Gasteiger partial charge in [-0.1, -0.05) is 18.2 Å². The number of likely N-dealkylation sites (tertiary alicyclic amines) is 2. The third kappa shape index (κ3) is 3.09. The minimum absolute atomic E-state index is 0.0269. The molecule has 0 bridgehead atoms. The van der Waals surface area contributed by atoms with Gasteiger partial charge in [0.05, 0.1) is 12.0 Å². The highest BCUT2D eigenvalue weighted by Gasteiger charge is 2.41. The van der Waals surface area contributed by atoms with Crippen LogP contribution in [0.3, 0.4) is 0 Å².